The van der Waals surface area contributed by atoms with Gasteiger partial charge < -0.3 is 9.36 Å². The Morgan fingerprint density at radius 1 is 1.24 bits per heavy atom. The van der Waals surface area contributed by atoms with Crippen molar-refractivity contribution in [2.45, 2.75) is 6.92 Å². The van der Waals surface area contributed by atoms with Crippen LogP contribution in [0.2, 0.25) is 0 Å². The van der Waals surface area contributed by atoms with E-state index in [1.54, 1.807) is 30.7 Å². The molecule has 2 aliphatic rings. The Balaban J connectivity index is 0.00000161. The average molecular weight is 453 g/mol. The molecular weight excluding hydrogens is 444 g/mol. The van der Waals surface area contributed by atoms with Crippen molar-refractivity contribution in [1.29, 1.82) is 0 Å². The molecule has 106 valence electrons. The molecule has 7 nitrogen and oxygen atoms in total. The van der Waals surface area contributed by atoms with E-state index in [1.165, 1.54) is 0 Å². The number of aromatic amines is 1. The Hall–Kier alpha value is -2.14. The van der Waals surface area contributed by atoms with Crippen LogP contribution in [0.15, 0.2) is 21.7 Å². The van der Waals surface area contributed by atoms with Gasteiger partial charge in [0.25, 0.3) is 5.56 Å². The summed E-state index contributed by atoms with van der Waals surface area (Å²) in [6.07, 6.45) is 1.83. The zero-order valence-electron chi connectivity index (χ0n) is 11.1. The number of aromatic nitrogens is 4. The minimum absolute atomic E-state index is 0. The summed E-state index contributed by atoms with van der Waals surface area (Å²) >= 11 is 0. The van der Waals surface area contributed by atoms with E-state index in [0.717, 1.165) is 5.56 Å². The van der Waals surface area contributed by atoms with Gasteiger partial charge in [0, 0.05) is 39.1 Å². The Labute approximate surface area is 132 Å². The van der Waals surface area contributed by atoms with Gasteiger partial charge >= 0.3 is 5.69 Å². The maximum Gasteiger partial charge on any atom is 0.349 e. The number of hydrogen-bond acceptors (Lipinski definition) is 5. The molecule has 0 aliphatic carbocycles. The maximum absolute atomic E-state index is 11.8. The first-order chi connectivity index (χ1) is 9.51. The third kappa shape index (κ3) is 2.33. The normalized spacial score (nSPS) is 10.6. The summed E-state index contributed by atoms with van der Waals surface area (Å²) in [7, 11) is 1.68. The molecule has 0 saturated heterocycles. The minimum Gasteiger partial charge on any atom is -0.376 e. The van der Waals surface area contributed by atoms with E-state index in [9.17, 15) is 14.4 Å². The second kappa shape index (κ2) is 5.33. The van der Waals surface area contributed by atoms with Crippen LogP contribution in [0.1, 0.15) is 11.1 Å². The van der Waals surface area contributed by atoms with Crippen molar-refractivity contribution in [1.82, 2.24) is 19.5 Å². The Bertz CT molecular complexity index is 945. The Morgan fingerprint density at radius 3 is 2.62 bits per heavy atom. The number of aryl methyl sites for hydroxylation is 2. The summed E-state index contributed by atoms with van der Waals surface area (Å²) in [6, 6.07) is 3.30. The van der Waals surface area contributed by atoms with Crippen molar-refractivity contribution in [3.8, 4) is 11.5 Å². The number of carbonyl (C=O) groups excluding carboxylic acids is 1. The third-order valence-corrected chi connectivity index (χ3v) is 3.20. The number of nitrogens with zero attached hydrogens (tertiary/aromatic N) is 3. The average Bonchev–Trinajstić information content (AvgIpc) is 2.40. The molecule has 2 heterocycles. The zero-order chi connectivity index (χ0) is 14.4. The van der Waals surface area contributed by atoms with Crippen molar-refractivity contribution < 1.29 is 25.9 Å². The molecule has 0 aromatic heterocycles. The number of hydrogen-bond donors (Lipinski definition) is 1. The van der Waals surface area contributed by atoms with Crippen LogP contribution in [0.25, 0.3) is 22.6 Å². The molecule has 1 N–H and O–H groups in total. The van der Waals surface area contributed by atoms with Gasteiger partial charge in [0.15, 0.2) is 11.5 Å². The Kier molecular flexibility index (Phi) is 3.87. The predicted octanol–water partition coefficient (Wildman–Crippen LogP) is -0.115. The molecule has 0 amide bonds. The molecule has 0 spiro atoms. The summed E-state index contributed by atoms with van der Waals surface area (Å²) in [5.41, 5.74) is 0.996. The molecule has 3 rings (SSSR count). The van der Waals surface area contributed by atoms with E-state index in [-0.39, 0.29) is 32.6 Å². The monoisotopic (exact) mass is 453 g/mol. The van der Waals surface area contributed by atoms with Gasteiger partial charge in [-0.2, -0.15) is 4.98 Å². The predicted molar refractivity (Wildman–Crippen MR) is 71.6 cm³/mol. The third-order valence-electron chi connectivity index (χ3n) is 3.20. The quantitative estimate of drug-likeness (QED) is 0.410. The summed E-state index contributed by atoms with van der Waals surface area (Å²) in [6.45, 7) is 1.77. The molecule has 0 atom stereocenters. The van der Waals surface area contributed by atoms with Gasteiger partial charge in [-0.15, -0.1) is 17.2 Å². The van der Waals surface area contributed by atoms with Crippen LogP contribution in [0.4, 0.5) is 0 Å². The summed E-state index contributed by atoms with van der Waals surface area (Å²) in [5, 5.41) is 0. The van der Waals surface area contributed by atoms with E-state index in [2.05, 4.69) is 15.0 Å². The van der Waals surface area contributed by atoms with Gasteiger partial charge in [-0.1, -0.05) is 13.0 Å². The molecule has 21 heavy (non-hydrogen) atoms. The second-order valence-corrected chi connectivity index (χ2v) is 4.47. The number of benzene rings is 1. The number of fused-ring (bicyclic) bond motifs is 2. The number of rotatable bonds is 1. The van der Waals surface area contributed by atoms with Crippen molar-refractivity contribution in [2.24, 2.45) is 7.05 Å². The molecular formula is C13H9N4O3W-. The van der Waals surface area contributed by atoms with E-state index in [0.29, 0.717) is 16.6 Å². The second-order valence-electron chi connectivity index (χ2n) is 4.47. The van der Waals surface area contributed by atoms with Gasteiger partial charge in [-0.3, -0.25) is 14.8 Å². The molecule has 0 radical (unpaired) electrons. The molecule has 0 fully saturated rings. The van der Waals surface area contributed by atoms with Crippen LogP contribution in [-0.2, 0) is 32.9 Å². The molecule has 0 saturated carbocycles. The number of H-pyrrole nitrogens is 1. The first-order valence-corrected chi connectivity index (χ1v) is 5.81. The molecule has 1 aromatic rings. The maximum atomic E-state index is 11.8. The van der Waals surface area contributed by atoms with Crippen LogP contribution in [-0.4, -0.2) is 25.8 Å². The van der Waals surface area contributed by atoms with E-state index < -0.39 is 11.2 Å². The van der Waals surface area contributed by atoms with Crippen LogP contribution >= 0.6 is 0 Å². The van der Waals surface area contributed by atoms with Crippen molar-refractivity contribution in [3.05, 3.63) is 44.1 Å². The molecule has 8 heteroatoms. The van der Waals surface area contributed by atoms with Crippen LogP contribution in [0.5, 0.6) is 0 Å². The van der Waals surface area contributed by atoms with Gasteiger partial charge in [-0.25, -0.2) is 4.79 Å². The van der Waals surface area contributed by atoms with E-state index >= 15 is 0 Å². The Morgan fingerprint density at radius 2 is 1.95 bits per heavy atom. The van der Waals surface area contributed by atoms with E-state index in [1.807, 2.05) is 6.29 Å². The van der Waals surface area contributed by atoms with E-state index in [4.69, 9.17) is 0 Å². The molecule has 2 aliphatic heterocycles. The largest absolute Gasteiger partial charge is 0.376 e. The fourth-order valence-electron chi connectivity index (χ4n) is 2.15. The summed E-state index contributed by atoms with van der Waals surface area (Å²) in [5.74, 6) is 0.202. The van der Waals surface area contributed by atoms with Crippen molar-refractivity contribution >= 4 is 17.3 Å². The standard InChI is InChI=1S/C13H9N4O3.W/c1-6-3-9-8(4-7(6)5-18)14-10-11(17(9)2)15-13(20)16-12(10)19;/h3-4H,1-2H3,(H,16,19,20);/q-1;. The van der Waals surface area contributed by atoms with Gasteiger partial charge in [0.2, 0.25) is 0 Å². The zero-order valence-corrected chi connectivity index (χ0v) is 14.1. The van der Waals surface area contributed by atoms with Crippen LogP contribution in [0.3, 0.4) is 0 Å². The minimum atomic E-state index is -0.714. The van der Waals surface area contributed by atoms with Gasteiger partial charge in [0.1, 0.15) is 0 Å². The molecule has 1 aromatic carbocycles. The van der Waals surface area contributed by atoms with Crippen molar-refractivity contribution in [2.75, 3.05) is 0 Å². The molecule has 0 unspecified atom stereocenters. The first kappa shape index (κ1) is 15.3. The van der Waals surface area contributed by atoms with Crippen LogP contribution in [0, 0.1) is 6.92 Å². The smallest absolute Gasteiger partial charge is 0.349 e. The first-order valence-electron chi connectivity index (χ1n) is 5.81. The van der Waals surface area contributed by atoms with Gasteiger partial charge in [-0.05, 0) is 0 Å². The molecule has 0 bridgehead atoms. The van der Waals surface area contributed by atoms with Gasteiger partial charge in [0.05, 0.1) is 6.29 Å². The fourth-order valence-corrected chi connectivity index (χ4v) is 2.15. The van der Waals surface area contributed by atoms with Crippen LogP contribution < -0.4 is 11.2 Å². The SMILES string of the molecule is Cc1cc2c(cc1[C-]=O)nc1c(=O)[nH]c(=O)nc-1n2C.[W]. The van der Waals surface area contributed by atoms with Crippen molar-refractivity contribution in [3.63, 3.8) is 0 Å². The fraction of sp³-hybridized carbons (Fsp3) is 0.154. The topological polar surface area (TPSA) is 97.7 Å². The number of nitrogens with one attached hydrogen (secondary N) is 1. The summed E-state index contributed by atoms with van der Waals surface area (Å²) in [4.78, 5) is 43.9. The summed E-state index contributed by atoms with van der Waals surface area (Å²) < 4.78 is 1.61.